The smallest absolute Gasteiger partial charge is 0.224 e. The molecule has 0 aromatic heterocycles. The van der Waals surface area contributed by atoms with Crippen molar-refractivity contribution in [3.63, 3.8) is 0 Å². The van der Waals surface area contributed by atoms with Crippen LogP contribution in [0, 0.1) is 0 Å². The molecule has 1 unspecified atom stereocenters. The average Bonchev–Trinajstić information content (AvgIpc) is 2.38. The van der Waals surface area contributed by atoms with E-state index >= 15 is 0 Å². The second-order valence-corrected chi connectivity index (χ2v) is 4.09. The Bertz CT molecular complexity index is 407. The summed E-state index contributed by atoms with van der Waals surface area (Å²) < 4.78 is 10.2. The fraction of sp³-hybridized carbons (Fsp3) is 0.462. The largest absolute Gasteiger partial charge is 0.495 e. The molecule has 0 fully saturated rings. The zero-order valence-corrected chi connectivity index (χ0v) is 11.0. The zero-order valence-electron chi connectivity index (χ0n) is 11.0. The number of hydrogen-bond donors (Lipinski definition) is 2. The van der Waals surface area contributed by atoms with Crippen LogP contribution in [-0.4, -0.2) is 26.2 Å². The second-order valence-electron chi connectivity index (χ2n) is 4.09. The van der Waals surface area contributed by atoms with Crippen LogP contribution >= 0.6 is 0 Å². The van der Waals surface area contributed by atoms with E-state index < -0.39 is 0 Å². The van der Waals surface area contributed by atoms with Gasteiger partial charge in [0, 0.05) is 25.3 Å². The molecule has 18 heavy (non-hydrogen) atoms. The lowest BCUT2D eigenvalue weighted by atomic mass is 10.2. The third-order valence-corrected chi connectivity index (χ3v) is 2.70. The fourth-order valence-electron chi connectivity index (χ4n) is 1.46. The number of nitrogen functional groups attached to an aromatic ring is 1. The van der Waals surface area contributed by atoms with Crippen molar-refractivity contribution in [1.29, 1.82) is 0 Å². The average molecular weight is 252 g/mol. The molecule has 1 aromatic rings. The predicted molar refractivity (Wildman–Crippen MR) is 71.7 cm³/mol. The van der Waals surface area contributed by atoms with E-state index in [1.807, 2.05) is 6.92 Å². The lowest BCUT2D eigenvalue weighted by Crippen LogP contribution is -2.15. The molecular formula is C13H20N2O3. The van der Waals surface area contributed by atoms with E-state index in [1.165, 1.54) is 7.11 Å². The molecule has 0 bridgehead atoms. The first kappa shape index (κ1) is 14.3. The predicted octanol–water partition coefficient (Wildman–Crippen LogP) is 2.03. The van der Waals surface area contributed by atoms with Gasteiger partial charge in [-0.1, -0.05) is 0 Å². The molecule has 0 aliphatic carbocycles. The van der Waals surface area contributed by atoms with Gasteiger partial charge in [0.05, 0.1) is 18.9 Å². The van der Waals surface area contributed by atoms with Gasteiger partial charge < -0.3 is 20.5 Å². The third kappa shape index (κ3) is 4.25. The Kier molecular flexibility index (Phi) is 5.45. The highest BCUT2D eigenvalue weighted by atomic mass is 16.5. The van der Waals surface area contributed by atoms with E-state index in [1.54, 1.807) is 25.3 Å². The van der Waals surface area contributed by atoms with E-state index in [-0.39, 0.29) is 12.0 Å². The van der Waals surface area contributed by atoms with Gasteiger partial charge in [0.1, 0.15) is 5.75 Å². The topological polar surface area (TPSA) is 73.6 Å². The molecule has 5 nitrogen and oxygen atoms in total. The molecule has 1 amide bonds. The van der Waals surface area contributed by atoms with E-state index in [4.69, 9.17) is 15.2 Å². The number of benzene rings is 1. The molecule has 0 saturated carbocycles. The Morgan fingerprint density at radius 3 is 2.78 bits per heavy atom. The van der Waals surface area contributed by atoms with Crippen LogP contribution in [-0.2, 0) is 9.53 Å². The molecule has 5 heteroatoms. The number of hydrogen-bond acceptors (Lipinski definition) is 4. The molecule has 0 aliphatic rings. The number of carbonyl (C=O) groups excluding carboxylic acids is 1. The quantitative estimate of drug-likeness (QED) is 0.760. The summed E-state index contributed by atoms with van der Waals surface area (Å²) in [6, 6.07) is 5.15. The Morgan fingerprint density at radius 1 is 1.44 bits per heavy atom. The van der Waals surface area contributed by atoms with Crippen LogP contribution in [0.2, 0.25) is 0 Å². The number of ether oxygens (including phenoxy) is 2. The standard InChI is InChI=1S/C13H20N2O3/c1-9(17-2)4-7-13(16)15-10-5-6-11(14)12(8-10)18-3/h5-6,8-9H,4,7,14H2,1-3H3,(H,15,16). The first-order valence-electron chi connectivity index (χ1n) is 5.83. The van der Waals surface area contributed by atoms with Crippen LogP contribution in [0.4, 0.5) is 11.4 Å². The lowest BCUT2D eigenvalue weighted by molar-refractivity contribution is -0.116. The Balaban J connectivity index is 2.54. The van der Waals surface area contributed by atoms with Gasteiger partial charge in [0.25, 0.3) is 0 Å². The first-order valence-corrected chi connectivity index (χ1v) is 5.83. The molecule has 3 N–H and O–H groups in total. The summed E-state index contributed by atoms with van der Waals surface area (Å²) in [6.45, 7) is 1.93. The summed E-state index contributed by atoms with van der Waals surface area (Å²) in [5.74, 6) is 0.504. The van der Waals surface area contributed by atoms with E-state index in [2.05, 4.69) is 5.32 Å². The monoisotopic (exact) mass is 252 g/mol. The summed E-state index contributed by atoms with van der Waals surface area (Å²) >= 11 is 0. The summed E-state index contributed by atoms with van der Waals surface area (Å²) in [6.07, 6.45) is 1.19. The molecule has 100 valence electrons. The third-order valence-electron chi connectivity index (χ3n) is 2.70. The van der Waals surface area contributed by atoms with Crippen molar-refractivity contribution < 1.29 is 14.3 Å². The van der Waals surface area contributed by atoms with Crippen LogP contribution in [0.25, 0.3) is 0 Å². The number of methoxy groups -OCH3 is 2. The molecule has 1 rings (SSSR count). The lowest BCUT2D eigenvalue weighted by Gasteiger charge is -2.11. The minimum atomic E-state index is -0.0503. The molecule has 0 aliphatic heterocycles. The Labute approximate surface area is 107 Å². The van der Waals surface area contributed by atoms with Crippen molar-refractivity contribution in [2.24, 2.45) is 0 Å². The summed E-state index contributed by atoms with van der Waals surface area (Å²) in [4.78, 5) is 11.7. The van der Waals surface area contributed by atoms with E-state index in [9.17, 15) is 4.79 Å². The normalized spacial score (nSPS) is 11.9. The maximum absolute atomic E-state index is 11.7. The molecule has 0 saturated heterocycles. The summed E-state index contributed by atoms with van der Waals surface area (Å²) in [7, 11) is 3.17. The second kappa shape index (κ2) is 6.86. The highest BCUT2D eigenvalue weighted by Gasteiger charge is 2.07. The Hall–Kier alpha value is -1.75. The van der Waals surface area contributed by atoms with Gasteiger partial charge in [-0.3, -0.25) is 4.79 Å². The van der Waals surface area contributed by atoms with Crippen molar-refractivity contribution in [1.82, 2.24) is 0 Å². The van der Waals surface area contributed by atoms with Crippen LogP contribution in [0.5, 0.6) is 5.75 Å². The highest BCUT2D eigenvalue weighted by Crippen LogP contribution is 2.25. The number of rotatable bonds is 6. The number of nitrogens with two attached hydrogens (primary N) is 1. The molecule has 0 radical (unpaired) electrons. The van der Waals surface area contributed by atoms with Gasteiger partial charge in [-0.15, -0.1) is 0 Å². The minimum absolute atomic E-state index is 0.0503. The number of nitrogens with one attached hydrogen (secondary N) is 1. The van der Waals surface area contributed by atoms with Crippen molar-refractivity contribution >= 4 is 17.3 Å². The van der Waals surface area contributed by atoms with Crippen molar-refractivity contribution in [3.8, 4) is 5.75 Å². The fourth-order valence-corrected chi connectivity index (χ4v) is 1.46. The Morgan fingerprint density at radius 2 is 2.17 bits per heavy atom. The van der Waals surface area contributed by atoms with Gasteiger partial charge in [0.2, 0.25) is 5.91 Å². The molecule has 1 aromatic carbocycles. The number of anilines is 2. The van der Waals surface area contributed by atoms with Crippen molar-refractivity contribution in [3.05, 3.63) is 18.2 Å². The van der Waals surface area contributed by atoms with Crippen LogP contribution < -0.4 is 15.8 Å². The van der Waals surface area contributed by atoms with Gasteiger partial charge >= 0.3 is 0 Å². The summed E-state index contributed by atoms with van der Waals surface area (Å²) in [5.41, 5.74) is 6.91. The number of carbonyl (C=O) groups is 1. The SMILES string of the molecule is COc1cc(NC(=O)CCC(C)OC)ccc1N. The highest BCUT2D eigenvalue weighted by molar-refractivity contribution is 5.91. The van der Waals surface area contributed by atoms with E-state index in [0.29, 0.717) is 30.0 Å². The maximum atomic E-state index is 11.7. The van der Waals surface area contributed by atoms with Crippen LogP contribution in [0.1, 0.15) is 19.8 Å². The van der Waals surface area contributed by atoms with Crippen molar-refractivity contribution in [2.75, 3.05) is 25.3 Å². The number of amides is 1. The van der Waals surface area contributed by atoms with Gasteiger partial charge in [-0.2, -0.15) is 0 Å². The molecule has 0 heterocycles. The van der Waals surface area contributed by atoms with Gasteiger partial charge in [-0.25, -0.2) is 0 Å². The molecule has 0 spiro atoms. The zero-order chi connectivity index (χ0) is 13.5. The van der Waals surface area contributed by atoms with Crippen LogP contribution in [0.15, 0.2) is 18.2 Å². The van der Waals surface area contributed by atoms with Crippen LogP contribution in [0.3, 0.4) is 0 Å². The summed E-state index contributed by atoms with van der Waals surface area (Å²) in [5, 5.41) is 2.79. The molecular weight excluding hydrogens is 232 g/mol. The van der Waals surface area contributed by atoms with E-state index in [0.717, 1.165) is 0 Å². The van der Waals surface area contributed by atoms with Crippen molar-refractivity contribution in [2.45, 2.75) is 25.9 Å². The van der Waals surface area contributed by atoms with Gasteiger partial charge in [0.15, 0.2) is 0 Å². The first-order chi connectivity index (χ1) is 8.56. The minimum Gasteiger partial charge on any atom is -0.495 e. The maximum Gasteiger partial charge on any atom is 0.224 e. The van der Waals surface area contributed by atoms with Gasteiger partial charge in [-0.05, 0) is 25.5 Å². The molecule has 1 atom stereocenters.